The molecule has 2 nitrogen and oxygen atoms in total. The largest absolute Gasteiger partial charge is 0.365 e. The summed E-state index contributed by atoms with van der Waals surface area (Å²) in [5.41, 5.74) is 4.15. The number of nitrogens with zero attached hydrogens (tertiary/aromatic N) is 1. The van der Waals surface area contributed by atoms with E-state index in [0.29, 0.717) is 0 Å². The van der Waals surface area contributed by atoms with Crippen LogP contribution in [0.1, 0.15) is 23.1 Å². The Hall–Kier alpha value is -2.44. The molecule has 3 heterocycles. The Balaban J connectivity index is 1.64. The predicted molar refractivity (Wildman–Crippen MR) is 136 cm³/mol. The first-order valence-electron chi connectivity index (χ1n) is 10.6. The van der Waals surface area contributed by atoms with Crippen molar-refractivity contribution in [1.82, 2.24) is 4.98 Å². The van der Waals surface area contributed by atoms with E-state index in [9.17, 15) is 0 Å². The minimum absolute atomic E-state index is 0.292. The lowest BCUT2D eigenvalue weighted by atomic mass is 9.72. The van der Waals surface area contributed by atoms with Gasteiger partial charge >= 0.3 is 0 Å². The van der Waals surface area contributed by atoms with Gasteiger partial charge in [0.25, 0.3) is 0 Å². The highest BCUT2D eigenvalue weighted by molar-refractivity contribution is 8.00. The van der Waals surface area contributed by atoms with E-state index >= 15 is 0 Å². The molecule has 1 aliphatic heterocycles. The molecule has 156 valence electrons. The van der Waals surface area contributed by atoms with E-state index in [1.54, 1.807) is 11.3 Å². The molecule has 2 atom stereocenters. The van der Waals surface area contributed by atoms with Crippen LogP contribution in [0, 0.1) is 0 Å². The van der Waals surface area contributed by atoms with Crippen molar-refractivity contribution in [3.63, 3.8) is 0 Å². The summed E-state index contributed by atoms with van der Waals surface area (Å²) in [5.74, 6) is 0. The normalized spacial score (nSPS) is 22.9. The molecule has 0 bridgehead atoms. The third-order valence-corrected chi connectivity index (χ3v) is 10.9. The first kappa shape index (κ1) is 19.1. The number of thiophene rings is 1. The van der Waals surface area contributed by atoms with Crippen LogP contribution in [0.25, 0.3) is 31.1 Å². The minimum atomic E-state index is -0.624. The zero-order chi connectivity index (χ0) is 21.5. The number of fused-ring (bicyclic) bond motifs is 10. The molecule has 0 unspecified atom stereocenters. The van der Waals surface area contributed by atoms with Crippen molar-refractivity contribution in [2.75, 3.05) is 7.11 Å². The smallest absolute Gasteiger partial charge is 0.157 e. The predicted octanol–water partition coefficient (Wildman–Crippen LogP) is 7.92. The standard InChI is InChI=1S/C27H19NOS3/c1-26-24-21(17-12-6-8-14-19(17)30-24)22-23(28-25(31-22)16-10-4-3-5-11-16)27(26,29-2)18-13-7-9-15-20(18)32-26/h3-15H,1-2H3/t26-,27-/m0/s1. The van der Waals surface area contributed by atoms with Crippen LogP contribution < -0.4 is 0 Å². The Kier molecular flexibility index (Phi) is 3.90. The summed E-state index contributed by atoms with van der Waals surface area (Å²) in [6.45, 7) is 2.35. The highest BCUT2D eigenvalue weighted by Gasteiger charge is 2.64. The van der Waals surface area contributed by atoms with Crippen molar-refractivity contribution >= 4 is 44.5 Å². The molecule has 0 amide bonds. The molecule has 0 saturated heterocycles. The fourth-order valence-electron chi connectivity index (χ4n) is 5.40. The van der Waals surface area contributed by atoms with Crippen molar-refractivity contribution in [1.29, 1.82) is 0 Å². The molecule has 2 aromatic heterocycles. The van der Waals surface area contributed by atoms with Gasteiger partial charge in [-0.25, -0.2) is 4.98 Å². The molecule has 0 fully saturated rings. The molecule has 7 rings (SSSR count). The second-order valence-electron chi connectivity index (χ2n) is 8.38. The summed E-state index contributed by atoms with van der Waals surface area (Å²) in [4.78, 5) is 9.23. The van der Waals surface area contributed by atoms with Gasteiger partial charge in [0.1, 0.15) is 5.01 Å². The fourth-order valence-corrected chi connectivity index (χ4v) is 9.73. The minimum Gasteiger partial charge on any atom is -0.365 e. The second-order valence-corrected chi connectivity index (χ2v) is 11.9. The van der Waals surface area contributed by atoms with Gasteiger partial charge in [-0.05, 0) is 19.1 Å². The van der Waals surface area contributed by atoms with Crippen LogP contribution in [-0.4, -0.2) is 12.1 Å². The Morgan fingerprint density at radius 2 is 1.59 bits per heavy atom. The molecule has 2 aliphatic rings. The highest BCUT2D eigenvalue weighted by atomic mass is 32.2. The number of thiazole rings is 1. The third-order valence-electron chi connectivity index (χ3n) is 6.80. The van der Waals surface area contributed by atoms with Gasteiger partial charge in [0.2, 0.25) is 0 Å². The SMILES string of the molecule is CO[C@]12c3ccccc3S[C@@]1(C)c1sc3ccccc3c1-c1sc(-c3ccccc3)nc12. The number of hydrogen-bond acceptors (Lipinski definition) is 5. The molecular formula is C27H19NOS3. The van der Waals surface area contributed by atoms with Gasteiger partial charge in [-0.1, -0.05) is 66.7 Å². The van der Waals surface area contributed by atoms with Gasteiger partial charge in [0, 0.05) is 43.7 Å². The molecule has 1 aliphatic carbocycles. The first-order valence-corrected chi connectivity index (χ1v) is 13.0. The van der Waals surface area contributed by atoms with Gasteiger partial charge in [0.15, 0.2) is 5.60 Å². The topological polar surface area (TPSA) is 22.1 Å². The van der Waals surface area contributed by atoms with Gasteiger partial charge in [-0.3, -0.25) is 0 Å². The number of thioether (sulfide) groups is 1. The highest BCUT2D eigenvalue weighted by Crippen LogP contribution is 2.71. The molecule has 5 aromatic rings. The quantitative estimate of drug-likeness (QED) is 0.262. The van der Waals surface area contributed by atoms with E-state index in [1.165, 1.54) is 35.9 Å². The summed E-state index contributed by atoms with van der Waals surface area (Å²) in [6, 6.07) is 28.0. The molecular weight excluding hydrogens is 451 g/mol. The zero-order valence-corrected chi connectivity index (χ0v) is 20.0. The monoisotopic (exact) mass is 469 g/mol. The van der Waals surface area contributed by atoms with E-state index in [-0.39, 0.29) is 4.75 Å². The Morgan fingerprint density at radius 3 is 2.44 bits per heavy atom. The van der Waals surface area contributed by atoms with Crippen molar-refractivity contribution in [2.45, 2.75) is 22.2 Å². The molecule has 3 aromatic carbocycles. The number of hydrogen-bond donors (Lipinski definition) is 0. The molecule has 0 radical (unpaired) electrons. The summed E-state index contributed by atoms with van der Waals surface area (Å²) in [6.07, 6.45) is 0. The number of benzene rings is 3. The molecule has 5 heteroatoms. The maximum atomic E-state index is 6.59. The van der Waals surface area contributed by atoms with Crippen LogP contribution in [0.5, 0.6) is 0 Å². The van der Waals surface area contributed by atoms with Crippen LogP contribution >= 0.6 is 34.4 Å². The van der Waals surface area contributed by atoms with E-state index in [0.717, 1.165) is 16.3 Å². The summed E-state index contributed by atoms with van der Waals surface area (Å²) in [7, 11) is 1.85. The maximum Gasteiger partial charge on any atom is 0.157 e. The van der Waals surface area contributed by atoms with Crippen LogP contribution in [-0.2, 0) is 15.1 Å². The van der Waals surface area contributed by atoms with Crippen LogP contribution in [0.4, 0.5) is 0 Å². The molecule has 0 N–H and O–H groups in total. The number of ether oxygens (including phenoxy) is 1. The third kappa shape index (κ3) is 2.17. The van der Waals surface area contributed by atoms with Crippen LogP contribution in [0.3, 0.4) is 0 Å². The van der Waals surface area contributed by atoms with E-state index < -0.39 is 5.60 Å². The van der Waals surface area contributed by atoms with Crippen molar-refractivity contribution in [3.05, 3.63) is 95.0 Å². The average molecular weight is 470 g/mol. The van der Waals surface area contributed by atoms with Gasteiger partial charge in [0.05, 0.1) is 15.3 Å². The van der Waals surface area contributed by atoms with E-state index in [1.807, 2.05) is 30.2 Å². The van der Waals surface area contributed by atoms with Gasteiger partial charge in [-0.2, -0.15) is 0 Å². The molecule has 0 saturated carbocycles. The zero-order valence-electron chi connectivity index (χ0n) is 17.6. The number of rotatable bonds is 2. The molecule has 32 heavy (non-hydrogen) atoms. The lowest BCUT2D eigenvalue weighted by Crippen LogP contribution is -2.46. The maximum absolute atomic E-state index is 6.59. The Labute approximate surface area is 198 Å². The van der Waals surface area contributed by atoms with Crippen molar-refractivity contribution in [3.8, 4) is 21.0 Å². The molecule has 0 spiro atoms. The van der Waals surface area contributed by atoms with Crippen molar-refractivity contribution in [2.24, 2.45) is 0 Å². The van der Waals surface area contributed by atoms with Gasteiger partial charge < -0.3 is 4.74 Å². The summed E-state index contributed by atoms with van der Waals surface area (Å²) < 4.78 is 7.62. The lowest BCUT2D eigenvalue weighted by Gasteiger charge is -2.44. The number of methoxy groups -OCH3 is 1. The second kappa shape index (κ2) is 6.55. The van der Waals surface area contributed by atoms with Crippen LogP contribution in [0.2, 0.25) is 0 Å². The Bertz CT molecular complexity index is 1520. The summed E-state index contributed by atoms with van der Waals surface area (Å²) >= 11 is 5.62. The van der Waals surface area contributed by atoms with Gasteiger partial charge in [-0.15, -0.1) is 34.4 Å². The lowest BCUT2D eigenvalue weighted by molar-refractivity contribution is -0.0105. The van der Waals surface area contributed by atoms with Crippen molar-refractivity contribution < 1.29 is 4.74 Å². The average Bonchev–Trinajstić information content (AvgIpc) is 3.50. The Morgan fingerprint density at radius 1 is 0.844 bits per heavy atom. The van der Waals surface area contributed by atoms with E-state index in [2.05, 4.69) is 85.8 Å². The van der Waals surface area contributed by atoms with E-state index in [4.69, 9.17) is 9.72 Å². The number of aromatic nitrogens is 1. The first-order chi connectivity index (χ1) is 15.7. The van der Waals surface area contributed by atoms with Crippen LogP contribution in [0.15, 0.2) is 83.8 Å². The fraction of sp³-hybridized carbons (Fsp3) is 0.148. The summed E-state index contributed by atoms with van der Waals surface area (Å²) in [5, 5.41) is 2.37.